The largest absolute Gasteiger partial charge is 0.353 e. The molecule has 1 aliphatic carbocycles. The van der Waals surface area contributed by atoms with Gasteiger partial charge >= 0.3 is 0 Å². The number of rotatable bonds is 4. The third kappa shape index (κ3) is 4.11. The van der Waals surface area contributed by atoms with Crippen molar-refractivity contribution in [1.82, 2.24) is 25.1 Å². The Balaban J connectivity index is 1.74. The normalized spacial score (nSPS) is 20.2. The first kappa shape index (κ1) is 18.5. The molecule has 0 aliphatic heterocycles. The Kier molecular flexibility index (Phi) is 5.39. The van der Waals surface area contributed by atoms with Crippen LogP contribution in [0.3, 0.4) is 0 Å². The maximum absolute atomic E-state index is 12.5. The first-order valence-electron chi connectivity index (χ1n) is 9.50. The van der Waals surface area contributed by atoms with Gasteiger partial charge in [-0.25, -0.2) is 14.6 Å². The number of hydrogen-bond acceptors (Lipinski definition) is 4. The summed E-state index contributed by atoms with van der Waals surface area (Å²) in [4.78, 5) is 21.5. The van der Waals surface area contributed by atoms with Gasteiger partial charge in [0.05, 0.1) is 12.1 Å². The number of hydrogen-bond donors (Lipinski definition) is 1. The molecule has 6 heteroatoms. The molecular formula is C20H29N5O. The van der Waals surface area contributed by atoms with Gasteiger partial charge in [0, 0.05) is 28.7 Å². The van der Waals surface area contributed by atoms with Gasteiger partial charge in [-0.2, -0.15) is 5.10 Å². The lowest BCUT2D eigenvalue weighted by atomic mass is 9.87. The van der Waals surface area contributed by atoms with Crippen molar-refractivity contribution in [2.24, 2.45) is 5.92 Å². The Morgan fingerprint density at radius 3 is 2.35 bits per heavy atom. The summed E-state index contributed by atoms with van der Waals surface area (Å²) < 4.78 is 1.75. The highest BCUT2D eigenvalue weighted by Crippen LogP contribution is 2.24. The molecule has 0 unspecified atom stereocenters. The van der Waals surface area contributed by atoms with Crippen molar-refractivity contribution < 1.29 is 4.79 Å². The van der Waals surface area contributed by atoms with E-state index in [9.17, 15) is 4.79 Å². The number of amides is 1. The minimum absolute atomic E-state index is 0.0802. The van der Waals surface area contributed by atoms with Crippen LogP contribution in [0.5, 0.6) is 0 Å². The number of carbonyl (C=O) groups is 1. The first-order valence-corrected chi connectivity index (χ1v) is 9.50. The molecule has 0 radical (unpaired) electrons. The third-order valence-electron chi connectivity index (χ3n) is 5.32. The van der Waals surface area contributed by atoms with Gasteiger partial charge in [0.25, 0.3) is 5.95 Å². The zero-order valence-corrected chi connectivity index (χ0v) is 16.5. The second kappa shape index (κ2) is 7.56. The van der Waals surface area contributed by atoms with Gasteiger partial charge in [-0.15, -0.1) is 0 Å². The molecule has 1 saturated carbocycles. The molecule has 2 aromatic rings. The molecule has 1 amide bonds. The minimum atomic E-state index is 0.0802. The molecule has 3 rings (SSSR count). The lowest BCUT2D eigenvalue weighted by molar-refractivity contribution is -0.121. The first-order chi connectivity index (χ1) is 12.3. The Bertz CT molecular complexity index is 783. The van der Waals surface area contributed by atoms with E-state index in [1.165, 1.54) is 12.8 Å². The monoisotopic (exact) mass is 355 g/mol. The number of aryl methyl sites for hydroxylation is 3. The van der Waals surface area contributed by atoms with Crippen LogP contribution in [0.2, 0.25) is 0 Å². The average Bonchev–Trinajstić information content (AvgIpc) is 2.84. The van der Waals surface area contributed by atoms with Gasteiger partial charge in [-0.1, -0.05) is 6.92 Å². The van der Waals surface area contributed by atoms with Crippen molar-refractivity contribution in [2.75, 3.05) is 0 Å². The molecule has 140 valence electrons. The SMILES string of the molecule is Cc1cc(C)nc(-n2nc(C)c(CC(=O)NC3CCC(C)CC3)c2C)n1. The maximum Gasteiger partial charge on any atom is 0.251 e. The van der Waals surface area contributed by atoms with E-state index in [0.717, 1.165) is 47.1 Å². The highest BCUT2D eigenvalue weighted by Gasteiger charge is 2.22. The number of nitrogens with one attached hydrogen (secondary N) is 1. The van der Waals surface area contributed by atoms with Crippen LogP contribution in [-0.4, -0.2) is 31.7 Å². The summed E-state index contributed by atoms with van der Waals surface area (Å²) in [5.41, 5.74) is 4.57. The van der Waals surface area contributed by atoms with E-state index in [1.54, 1.807) is 4.68 Å². The number of aromatic nitrogens is 4. The molecule has 1 fully saturated rings. The highest BCUT2D eigenvalue weighted by atomic mass is 16.1. The fraction of sp³-hybridized carbons (Fsp3) is 0.600. The van der Waals surface area contributed by atoms with Gasteiger partial charge < -0.3 is 5.32 Å². The summed E-state index contributed by atoms with van der Waals surface area (Å²) >= 11 is 0. The molecule has 2 aromatic heterocycles. The fourth-order valence-electron chi connectivity index (χ4n) is 3.77. The quantitative estimate of drug-likeness (QED) is 0.914. The molecule has 1 aliphatic rings. The summed E-state index contributed by atoms with van der Waals surface area (Å²) in [6.07, 6.45) is 4.92. The summed E-state index contributed by atoms with van der Waals surface area (Å²) in [7, 11) is 0. The zero-order valence-electron chi connectivity index (χ0n) is 16.5. The van der Waals surface area contributed by atoms with Crippen LogP contribution < -0.4 is 5.32 Å². The van der Waals surface area contributed by atoms with Crippen molar-refractivity contribution in [3.63, 3.8) is 0 Å². The Morgan fingerprint density at radius 1 is 1.12 bits per heavy atom. The second-order valence-corrected chi connectivity index (χ2v) is 7.71. The van der Waals surface area contributed by atoms with Gasteiger partial charge in [0.2, 0.25) is 5.91 Å². The highest BCUT2D eigenvalue weighted by molar-refractivity contribution is 5.79. The van der Waals surface area contributed by atoms with E-state index >= 15 is 0 Å². The van der Waals surface area contributed by atoms with Crippen LogP contribution in [0.1, 0.15) is 60.9 Å². The minimum Gasteiger partial charge on any atom is -0.353 e. The smallest absolute Gasteiger partial charge is 0.251 e. The van der Waals surface area contributed by atoms with E-state index in [4.69, 9.17) is 0 Å². The Labute approximate surface area is 155 Å². The van der Waals surface area contributed by atoms with Crippen molar-refractivity contribution in [2.45, 2.75) is 72.8 Å². The zero-order chi connectivity index (χ0) is 18.8. The van der Waals surface area contributed by atoms with E-state index in [-0.39, 0.29) is 5.91 Å². The molecule has 0 saturated heterocycles. The van der Waals surface area contributed by atoms with Crippen LogP contribution in [0.25, 0.3) is 5.95 Å². The van der Waals surface area contributed by atoms with E-state index < -0.39 is 0 Å². The van der Waals surface area contributed by atoms with Crippen molar-refractivity contribution in [3.05, 3.63) is 34.4 Å². The van der Waals surface area contributed by atoms with E-state index in [1.807, 2.05) is 33.8 Å². The number of nitrogens with zero attached hydrogens (tertiary/aromatic N) is 4. The predicted octanol–water partition coefficient (Wildman–Crippen LogP) is 3.13. The molecule has 0 spiro atoms. The van der Waals surface area contributed by atoms with Crippen LogP contribution in [0.15, 0.2) is 6.07 Å². The summed E-state index contributed by atoms with van der Waals surface area (Å²) in [6, 6.07) is 2.26. The standard InChI is InChI=1S/C20H29N5O/c1-12-6-8-17(9-7-12)23-19(26)11-18-15(4)24-25(16(18)5)20-21-13(2)10-14(3)22-20/h10,12,17H,6-9,11H2,1-5H3,(H,23,26). The third-order valence-corrected chi connectivity index (χ3v) is 5.32. The average molecular weight is 355 g/mol. The fourth-order valence-corrected chi connectivity index (χ4v) is 3.77. The van der Waals surface area contributed by atoms with Crippen molar-refractivity contribution in [3.8, 4) is 5.95 Å². The summed E-state index contributed by atoms with van der Waals surface area (Å²) in [5, 5.41) is 7.79. The number of carbonyl (C=O) groups excluding carboxylic acids is 1. The predicted molar refractivity (Wildman–Crippen MR) is 101 cm³/mol. The van der Waals surface area contributed by atoms with Crippen LogP contribution in [0, 0.1) is 33.6 Å². The van der Waals surface area contributed by atoms with Crippen molar-refractivity contribution >= 4 is 5.91 Å². The molecule has 1 N–H and O–H groups in total. The molecular weight excluding hydrogens is 326 g/mol. The van der Waals surface area contributed by atoms with Gasteiger partial charge in [0.1, 0.15) is 0 Å². The molecule has 2 heterocycles. The van der Waals surface area contributed by atoms with Gasteiger partial charge in [-0.05, 0) is 65.4 Å². The lowest BCUT2D eigenvalue weighted by Gasteiger charge is -2.26. The van der Waals surface area contributed by atoms with Crippen LogP contribution in [-0.2, 0) is 11.2 Å². The molecule has 26 heavy (non-hydrogen) atoms. The van der Waals surface area contributed by atoms with Crippen LogP contribution in [0.4, 0.5) is 0 Å². The van der Waals surface area contributed by atoms with Gasteiger partial charge in [0.15, 0.2) is 0 Å². The van der Waals surface area contributed by atoms with E-state index in [2.05, 4.69) is 27.3 Å². The Morgan fingerprint density at radius 2 is 1.73 bits per heavy atom. The summed E-state index contributed by atoms with van der Waals surface area (Å²) in [5.74, 6) is 1.43. The molecule has 6 nitrogen and oxygen atoms in total. The molecule has 0 aromatic carbocycles. The van der Waals surface area contributed by atoms with Crippen LogP contribution >= 0.6 is 0 Å². The lowest BCUT2D eigenvalue weighted by Crippen LogP contribution is -2.38. The Hall–Kier alpha value is -2.24. The van der Waals surface area contributed by atoms with Crippen molar-refractivity contribution in [1.29, 1.82) is 0 Å². The summed E-state index contributed by atoms with van der Waals surface area (Å²) in [6.45, 7) is 10.1. The van der Waals surface area contributed by atoms with Gasteiger partial charge in [-0.3, -0.25) is 4.79 Å². The van der Waals surface area contributed by atoms with E-state index in [0.29, 0.717) is 18.4 Å². The maximum atomic E-state index is 12.5. The molecule has 0 bridgehead atoms. The molecule has 0 atom stereocenters. The topological polar surface area (TPSA) is 72.7 Å². The second-order valence-electron chi connectivity index (χ2n) is 7.71.